The average Bonchev–Trinajstić information content (AvgIpc) is 3.41. The van der Waals surface area contributed by atoms with Gasteiger partial charge in [0.2, 0.25) is 5.91 Å². The number of nitrogens with two attached hydrogens (primary N) is 1. The third kappa shape index (κ3) is 6.24. The van der Waals surface area contributed by atoms with Gasteiger partial charge < -0.3 is 20.6 Å². The highest BCUT2D eigenvalue weighted by molar-refractivity contribution is 6.31. The fourth-order valence-electron chi connectivity index (χ4n) is 5.79. The van der Waals surface area contributed by atoms with E-state index in [1.165, 1.54) is 10.9 Å². The SMILES string of the molecule is NC(=O)CCN1CCN(c2ccc(-c3ccc(Cl)cc3N3CCCC(n4ncc(CO)c4C(F)F)C3)cc2)CC1. The molecule has 1 unspecified atom stereocenters. The number of piperazine rings is 1. The van der Waals surface area contributed by atoms with Gasteiger partial charge in [-0.25, -0.2) is 8.78 Å². The number of alkyl halides is 2. The number of anilines is 2. The number of nitrogens with zero attached hydrogens (tertiary/aromatic N) is 5. The molecule has 11 heteroatoms. The topological polar surface area (TPSA) is 90.9 Å². The lowest BCUT2D eigenvalue weighted by Gasteiger charge is -2.37. The first-order valence-corrected chi connectivity index (χ1v) is 14.1. The number of aliphatic hydroxyl groups is 1. The average molecular weight is 573 g/mol. The maximum atomic E-state index is 13.8. The Balaban J connectivity index is 1.33. The monoisotopic (exact) mass is 572 g/mol. The lowest BCUT2D eigenvalue weighted by molar-refractivity contribution is -0.118. The first-order chi connectivity index (χ1) is 19.3. The van der Waals surface area contributed by atoms with E-state index in [0.717, 1.165) is 68.1 Å². The number of primary amides is 1. The lowest BCUT2D eigenvalue weighted by atomic mass is 9.99. The molecule has 1 aromatic heterocycles. The van der Waals surface area contributed by atoms with Crippen molar-refractivity contribution < 1.29 is 18.7 Å². The Kier molecular flexibility index (Phi) is 8.87. The number of amides is 1. The van der Waals surface area contributed by atoms with Gasteiger partial charge >= 0.3 is 0 Å². The molecule has 3 N–H and O–H groups in total. The van der Waals surface area contributed by atoms with Crippen molar-refractivity contribution in [1.29, 1.82) is 0 Å². The number of hydrogen-bond acceptors (Lipinski definition) is 6. The van der Waals surface area contributed by atoms with E-state index in [4.69, 9.17) is 17.3 Å². The van der Waals surface area contributed by atoms with Crippen LogP contribution < -0.4 is 15.5 Å². The number of aromatic nitrogens is 2. The van der Waals surface area contributed by atoms with E-state index >= 15 is 0 Å². The van der Waals surface area contributed by atoms with E-state index < -0.39 is 13.0 Å². The maximum Gasteiger partial charge on any atom is 0.280 e. The molecule has 3 heterocycles. The van der Waals surface area contributed by atoms with Crippen LogP contribution in [0.5, 0.6) is 0 Å². The van der Waals surface area contributed by atoms with E-state index in [9.17, 15) is 18.7 Å². The summed E-state index contributed by atoms with van der Waals surface area (Å²) in [7, 11) is 0. The van der Waals surface area contributed by atoms with Crippen molar-refractivity contribution in [3.8, 4) is 11.1 Å². The number of benzene rings is 2. The molecule has 40 heavy (non-hydrogen) atoms. The van der Waals surface area contributed by atoms with Gasteiger partial charge in [0.05, 0.1) is 18.8 Å². The zero-order valence-electron chi connectivity index (χ0n) is 22.4. The van der Waals surface area contributed by atoms with Gasteiger partial charge in [-0.3, -0.25) is 14.4 Å². The van der Waals surface area contributed by atoms with Crippen molar-refractivity contribution >= 4 is 28.9 Å². The van der Waals surface area contributed by atoms with Gasteiger partial charge in [0.1, 0.15) is 5.69 Å². The number of piperidine rings is 1. The van der Waals surface area contributed by atoms with Crippen LogP contribution in [0.25, 0.3) is 11.1 Å². The Hall–Kier alpha value is -3.21. The summed E-state index contributed by atoms with van der Waals surface area (Å²) in [4.78, 5) is 17.9. The van der Waals surface area contributed by atoms with Gasteiger partial charge in [-0.05, 0) is 42.7 Å². The van der Waals surface area contributed by atoms with E-state index in [2.05, 4.69) is 44.1 Å². The summed E-state index contributed by atoms with van der Waals surface area (Å²) in [6.45, 7) is 5.06. The zero-order chi connectivity index (χ0) is 28.2. The Labute approximate surface area is 237 Å². The van der Waals surface area contributed by atoms with E-state index in [0.29, 0.717) is 24.5 Å². The van der Waals surface area contributed by atoms with E-state index in [-0.39, 0.29) is 23.2 Å². The van der Waals surface area contributed by atoms with Crippen LogP contribution in [0.1, 0.15) is 43.0 Å². The van der Waals surface area contributed by atoms with Crippen LogP contribution in [0.4, 0.5) is 20.2 Å². The molecule has 2 fully saturated rings. The van der Waals surface area contributed by atoms with Gasteiger partial charge in [0.25, 0.3) is 6.43 Å². The smallest absolute Gasteiger partial charge is 0.280 e. The van der Waals surface area contributed by atoms with Gasteiger partial charge in [-0.2, -0.15) is 5.10 Å². The highest BCUT2D eigenvalue weighted by Gasteiger charge is 2.29. The molecule has 0 bridgehead atoms. The van der Waals surface area contributed by atoms with Crippen LogP contribution in [-0.2, 0) is 11.4 Å². The molecule has 2 aliphatic rings. The Bertz CT molecular complexity index is 1310. The number of halogens is 3. The van der Waals surface area contributed by atoms with E-state index in [1.807, 2.05) is 18.2 Å². The fourth-order valence-corrected chi connectivity index (χ4v) is 5.96. The van der Waals surface area contributed by atoms with Crippen molar-refractivity contribution in [2.24, 2.45) is 5.73 Å². The molecule has 3 aromatic rings. The molecule has 0 aliphatic carbocycles. The summed E-state index contributed by atoms with van der Waals surface area (Å²) >= 11 is 6.44. The molecule has 0 spiro atoms. The molecular formula is C29H35ClF2N6O2. The quantitative estimate of drug-likeness (QED) is 0.393. The third-order valence-electron chi connectivity index (χ3n) is 7.92. The second-order valence-corrected chi connectivity index (χ2v) is 10.9. The molecule has 2 saturated heterocycles. The number of aliphatic hydroxyl groups excluding tert-OH is 1. The first kappa shape index (κ1) is 28.3. The third-order valence-corrected chi connectivity index (χ3v) is 8.16. The predicted octanol–water partition coefficient (Wildman–Crippen LogP) is 4.47. The Morgan fingerprint density at radius 1 is 1.07 bits per heavy atom. The summed E-state index contributed by atoms with van der Waals surface area (Å²) in [6.07, 6.45) is 0.558. The van der Waals surface area contributed by atoms with Crippen molar-refractivity contribution in [3.05, 3.63) is 64.9 Å². The molecule has 2 aliphatic heterocycles. The highest BCUT2D eigenvalue weighted by atomic mass is 35.5. The van der Waals surface area contributed by atoms with Crippen molar-refractivity contribution in [2.75, 3.05) is 55.6 Å². The molecule has 0 radical (unpaired) electrons. The first-order valence-electron chi connectivity index (χ1n) is 13.7. The van der Waals surface area contributed by atoms with E-state index in [1.54, 1.807) is 0 Å². The van der Waals surface area contributed by atoms with Crippen molar-refractivity contribution in [1.82, 2.24) is 14.7 Å². The van der Waals surface area contributed by atoms with Crippen LogP contribution in [0.2, 0.25) is 5.02 Å². The highest BCUT2D eigenvalue weighted by Crippen LogP contribution is 2.38. The maximum absolute atomic E-state index is 13.8. The zero-order valence-corrected chi connectivity index (χ0v) is 23.1. The molecule has 8 nitrogen and oxygen atoms in total. The second kappa shape index (κ2) is 12.5. The number of carbonyl (C=O) groups is 1. The molecule has 5 rings (SSSR count). The Morgan fingerprint density at radius 2 is 1.82 bits per heavy atom. The summed E-state index contributed by atoms with van der Waals surface area (Å²) in [5.74, 6) is -0.269. The summed E-state index contributed by atoms with van der Waals surface area (Å²) in [6, 6.07) is 14.1. The van der Waals surface area contributed by atoms with Gasteiger partial charge in [-0.1, -0.05) is 29.8 Å². The van der Waals surface area contributed by atoms with Gasteiger partial charge in [0.15, 0.2) is 0 Å². The molecule has 2 aromatic carbocycles. The molecular weight excluding hydrogens is 538 g/mol. The minimum absolute atomic E-state index is 0.169. The minimum atomic E-state index is -2.71. The fraction of sp³-hybridized carbons (Fsp3) is 0.448. The second-order valence-electron chi connectivity index (χ2n) is 10.5. The molecule has 1 atom stereocenters. The van der Waals surface area contributed by atoms with Crippen LogP contribution >= 0.6 is 11.6 Å². The largest absolute Gasteiger partial charge is 0.392 e. The number of hydrogen-bond donors (Lipinski definition) is 2. The molecule has 214 valence electrons. The van der Waals surface area contributed by atoms with Crippen LogP contribution in [0, 0.1) is 0 Å². The molecule has 0 saturated carbocycles. The minimum Gasteiger partial charge on any atom is -0.392 e. The van der Waals surface area contributed by atoms with Crippen molar-refractivity contribution in [3.63, 3.8) is 0 Å². The summed E-state index contributed by atoms with van der Waals surface area (Å²) in [5, 5.41) is 14.4. The molecule has 1 amide bonds. The van der Waals surface area contributed by atoms with Crippen LogP contribution in [0.3, 0.4) is 0 Å². The van der Waals surface area contributed by atoms with Gasteiger partial charge in [-0.15, -0.1) is 0 Å². The van der Waals surface area contributed by atoms with Crippen molar-refractivity contribution in [2.45, 2.75) is 38.3 Å². The standard InChI is InChI=1S/C29H35ClF2N6O2/c30-22-5-8-25(20-3-6-23(7-4-20)36-14-12-35(13-15-36)11-9-27(33)40)26(16-22)37-10-1-2-24(18-37)38-28(29(31)32)21(19-39)17-34-38/h3-8,16-17,24,29,39H,1-2,9-15,18-19H2,(H2,33,40). The Morgan fingerprint density at radius 3 is 2.50 bits per heavy atom. The van der Waals surface area contributed by atoms with Gasteiger partial charge in [0, 0.05) is 79.8 Å². The predicted molar refractivity (Wildman–Crippen MR) is 153 cm³/mol. The summed E-state index contributed by atoms with van der Waals surface area (Å²) in [5.41, 5.74) is 9.43. The van der Waals surface area contributed by atoms with Crippen LogP contribution in [-0.4, -0.2) is 71.5 Å². The normalized spacial score (nSPS) is 18.5. The van der Waals surface area contributed by atoms with Crippen LogP contribution in [0.15, 0.2) is 48.7 Å². The summed E-state index contributed by atoms with van der Waals surface area (Å²) < 4.78 is 29.1. The lowest BCUT2D eigenvalue weighted by Crippen LogP contribution is -2.47. The number of carbonyl (C=O) groups excluding carboxylic acids is 1. The number of rotatable bonds is 9.